The SMILES string of the molecule is NC1CCCCC1(N)[C@H]1CCCN(c2ccc(I)cc2)C1.O=C(O)C(F)(F)F.O=C(O)C(F)(F)F.O=C(O)C(F)(F)F.O=C(O)C(F)(F)F. The lowest BCUT2D eigenvalue weighted by Crippen LogP contribution is -2.64. The van der Waals surface area contributed by atoms with E-state index in [1.807, 2.05) is 0 Å². The summed E-state index contributed by atoms with van der Waals surface area (Å²) in [5.74, 6) is -10.5. The molecule has 1 aliphatic heterocycles. The van der Waals surface area contributed by atoms with E-state index in [2.05, 4.69) is 51.8 Å². The number of nitrogens with zero attached hydrogens (tertiary/aromatic N) is 1. The third-order valence-corrected chi connectivity index (χ3v) is 7.13. The summed E-state index contributed by atoms with van der Waals surface area (Å²) >= 11 is 2.36. The van der Waals surface area contributed by atoms with Crippen molar-refractivity contribution in [3.05, 3.63) is 27.8 Å². The minimum absolute atomic E-state index is 0.153. The molecule has 0 spiro atoms. The van der Waals surface area contributed by atoms with Crippen LogP contribution in [0.1, 0.15) is 38.5 Å². The summed E-state index contributed by atoms with van der Waals surface area (Å²) in [4.78, 5) is 38.1. The number of anilines is 1. The molecule has 0 bridgehead atoms. The molecule has 0 aromatic heterocycles. The normalized spacial score (nSPS) is 21.0. The standard InChI is InChI=1S/C17H26IN3.4C2HF3O2/c18-14-6-8-15(9-7-14)21-11-3-4-13(12-21)17(20)10-2-1-5-16(17)19;4*3-2(4,5)1(6)7/h6-9,13,16H,1-5,10-12,19-20H2;4*(H,6,7)/t13-,16?,17?;;;;/m0..../s1. The lowest BCUT2D eigenvalue weighted by atomic mass is 9.68. The maximum atomic E-state index is 10.6. The van der Waals surface area contributed by atoms with Crippen LogP contribution in [0.15, 0.2) is 24.3 Å². The van der Waals surface area contributed by atoms with Gasteiger partial charge in [0.1, 0.15) is 0 Å². The number of halogens is 13. The van der Waals surface area contributed by atoms with E-state index < -0.39 is 48.6 Å². The smallest absolute Gasteiger partial charge is 0.475 e. The van der Waals surface area contributed by atoms with Gasteiger partial charge in [-0.05, 0) is 78.5 Å². The van der Waals surface area contributed by atoms with E-state index in [9.17, 15) is 52.7 Å². The number of rotatable bonds is 2. The van der Waals surface area contributed by atoms with E-state index in [1.54, 1.807) is 0 Å². The quantitative estimate of drug-likeness (QED) is 0.159. The Morgan fingerprint density at radius 2 is 1.02 bits per heavy atom. The summed E-state index contributed by atoms with van der Waals surface area (Å²) in [6, 6.07) is 9.00. The van der Waals surface area contributed by atoms with Crippen LogP contribution in [0.3, 0.4) is 0 Å². The second-order valence-corrected chi connectivity index (χ2v) is 11.2. The van der Waals surface area contributed by atoms with Crippen LogP contribution in [0, 0.1) is 9.49 Å². The van der Waals surface area contributed by atoms with Crippen molar-refractivity contribution in [3.8, 4) is 0 Å². The van der Waals surface area contributed by atoms with Crippen molar-refractivity contribution in [2.24, 2.45) is 17.4 Å². The van der Waals surface area contributed by atoms with Crippen molar-refractivity contribution in [2.45, 2.75) is 74.8 Å². The molecule has 1 aromatic carbocycles. The molecular weight excluding hydrogens is 825 g/mol. The molecule has 2 fully saturated rings. The molecule has 2 unspecified atom stereocenters. The molecule has 1 aromatic rings. The molecule has 0 amide bonds. The molecule has 8 N–H and O–H groups in total. The largest absolute Gasteiger partial charge is 0.490 e. The maximum absolute atomic E-state index is 10.6. The van der Waals surface area contributed by atoms with Crippen molar-refractivity contribution in [3.63, 3.8) is 0 Å². The molecule has 24 heteroatoms. The van der Waals surface area contributed by atoms with Crippen molar-refractivity contribution in [1.29, 1.82) is 0 Å². The van der Waals surface area contributed by atoms with Crippen LogP contribution in [-0.4, -0.2) is 93.7 Å². The first kappa shape index (κ1) is 47.8. The third kappa shape index (κ3) is 19.5. The van der Waals surface area contributed by atoms with Crippen LogP contribution < -0.4 is 16.4 Å². The molecule has 1 saturated carbocycles. The Morgan fingerprint density at radius 1 is 0.673 bits per heavy atom. The number of aliphatic carboxylic acids is 4. The second kappa shape index (κ2) is 19.8. The zero-order valence-electron chi connectivity index (χ0n) is 24.6. The Kier molecular flexibility index (Phi) is 19.3. The minimum Gasteiger partial charge on any atom is -0.475 e. The summed E-state index contributed by atoms with van der Waals surface area (Å²) in [6.07, 6.45) is -13.2. The van der Waals surface area contributed by atoms with E-state index in [-0.39, 0.29) is 11.6 Å². The number of carboxylic acids is 4. The van der Waals surface area contributed by atoms with E-state index in [0.717, 1.165) is 25.9 Å². The predicted octanol–water partition coefficient (Wildman–Crippen LogP) is 5.64. The topological polar surface area (TPSA) is 204 Å². The number of piperidine rings is 1. The summed E-state index contributed by atoms with van der Waals surface area (Å²) < 4.78 is 128. The Bertz CT molecular complexity index is 1120. The molecule has 2 aliphatic rings. The monoisotopic (exact) mass is 855 g/mol. The molecule has 1 aliphatic carbocycles. The van der Waals surface area contributed by atoms with Crippen LogP contribution in [0.5, 0.6) is 0 Å². The zero-order valence-corrected chi connectivity index (χ0v) is 26.7. The Hall–Kier alpha value is -3.29. The molecule has 1 heterocycles. The van der Waals surface area contributed by atoms with Crippen LogP contribution in [0.4, 0.5) is 58.4 Å². The average Bonchev–Trinajstić information content (AvgIpc) is 2.94. The molecular formula is C25H30F12IN3O8. The lowest BCUT2D eigenvalue weighted by molar-refractivity contribution is -0.193. The number of alkyl halides is 12. The molecule has 3 rings (SSSR count). The van der Waals surface area contributed by atoms with Gasteiger partial charge >= 0.3 is 48.6 Å². The number of carbonyl (C=O) groups is 4. The first-order chi connectivity index (χ1) is 21.9. The van der Waals surface area contributed by atoms with Gasteiger partial charge in [-0.15, -0.1) is 0 Å². The highest BCUT2D eigenvalue weighted by Gasteiger charge is 2.44. The van der Waals surface area contributed by atoms with E-state index in [1.165, 1.54) is 34.9 Å². The van der Waals surface area contributed by atoms with Gasteiger partial charge in [0.2, 0.25) is 0 Å². The number of carboxylic acid groups (broad SMARTS) is 4. The fourth-order valence-corrected chi connectivity index (χ4v) is 4.42. The highest BCUT2D eigenvalue weighted by atomic mass is 127. The molecule has 284 valence electrons. The number of benzene rings is 1. The minimum atomic E-state index is -5.08. The van der Waals surface area contributed by atoms with Crippen LogP contribution in [-0.2, 0) is 19.2 Å². The van der Waals surface area contributed by atoms with Gasteiger partial charge in [-0.3, -0.25) is 0 Å². The van der Waals surface area contributed by atoms with Gasteiger partial charge in [0, 0.05) is 33.9 Å². The number of hydrogen-bond acceptors (Lipinski definition) is 7. The summed E-state index contributed by atoms with van der Waals surface area (Å²) in [5, 5.41) is 28.5. The first-order valence-corrected chi connectivity index (χ1v) is 14.2. The summed E-state index contributed by atoms with van der Waals surface area (Å²) in [6.45, 7) is 2.20. The molecule has 11 nitrogen and oxygen atoms in total. The van der Waals surface area contributed by atoms with Gasteiger partial charge in [0.15, 0.2) is 0 Å². The summed E-state index contributed by atoms with van der Waals surface area (Å²) in [5.41, 5.74) is 14.4. The average molecular weight is 855 g/mol. The van der Waals surface area contributed by atoms with Gasteiger partial charge in [-0.2, -0.15) is 52.7 Å². The van der Waals surface area contributed by atoms with Crippen LogP contribution >= 0.6 is 22.6 Å². The Labute approximate surface area is 282 Å². The third-order valence-electron chi connectivity index (χ3n) is 6.41. The van der Waals surface area contributed by atoms with Gasteiger partial charge in [0.25, 0.3) is 0 Å². The predicted molar refractivity (Wildman–Crippen MR) is 152 cm³/mol. The number of hydrogen-bond donors (Lipinski definition) is 6. The number of nitrogens with two attached hydrogens (primary N) is 2. The fourth-order valence-electron chi connectivity index (χ4n) is 4.06. The zero-order chi connectivity index (χ0) is 39.2. The fraction of sp³-hybridized carbons (Fsp3) is 0.600. The second-order valence-electron chi connectivity index (χ2n) is 9.94. The van der Waals surface area contributed by atoms with E-state index >= 15 is 0 Å². The molecule has 49 heavy (non-hydrogen) atoms. The van der Waals surface area contributed by atoms with E-state index in [4.69, 9.17) is 51.1 Å². The van der Waals surface area contributed by atoms with Crippen molar-refractivity contribution < 1.29 is 92.3 Å². The van der Waals surface area contributed by atoms with Gasteiger partial charge < -0.3 is 36.8 Å². The summed E-state index contributed by atoms with van der Waals surface area (Å²) in [7, 11) is 0. The Balaban J connectivity index is 0. The van der Waals surface area contributed by atoms with Gasteiger partial charge in [-0.25, -0.2) is 19.2 Å². The van der Waals surface area contributed by atoms with Gasteiger partial charge in [-0.1, -0.05) is 12.8 Å². The highest BCUT2D eigenvalue weighted by molar-refractivity contribution is 14.1. The van der Waals surface area contributed by atoms with Crippen LogP contribution in [0.25, 0.3) is 0 Å². The maximum Gasteiger partial charge on any atom is 0.490 e. The van der Waals surface area contributed by atoms with Crippen molar-refractivity contribution in [2.75, 3.05) is 18.0 Å². The van der Waals surface area contributed by atoms with Crippen LogP contribution in [0.2, 0.25) is 0 Å². The van der Waals surface area contributed by atoms with Gasteiger partial charge in [0.05, 0.1) is 0 Å². The molecule has 0 radical (unpaired) electrons. The van der Waals surface area contributed by atoms with Crippen molar-refractivity contribution >= 4 is 52.2 Å². The van der Waals surface area contributed by atoms with E-state index in [0.29, 0.717) is 5.92 Å². The lowest BCUT2D eigenvalue weighted by Gasteiger charge is -2.49. The molecule has 3 atom stereocenters. The first-order valence-electron chi connectivity index (χ1n) is 13.1. The Morgan fingerprint density at radius 3 is 1.33 bits per heavy atom. The molecule has 1 saturated heterocycles. The van der Waals surface area contributed by atoms with Crippen molar-refractivity contribution in [1.82, 2.24) is 0 Å². The highest BCUT2D eigenvalue weighted by Crippen LogP contribution is 2.37.